The lowest BCUT2D eigenvalue weighted by Crippen LogP contribution is -2.28. The van der Waals surface area contributed by atoms with E-state index in [1.165, 1.54) is 24.1 Å². The first-order valence-electron chi connectivity index (χ1n) is 8.72. The van der Waals surface area contributed by atoms with E-state index >= 15 is 0 Å². The van der Waals surface area contributed by atoms with Crippen molar-refractivity contribution >= 4 is 12.4 Å². The molecule has 0 spiro atoms. The summed E-state index contributed by atoms with van der Waals surface area (Å²) in [5, 5.41) is 0. The van der Waals surface area contributed by atoms with Crippen molar-refractivity contribution < 1.29 is 9.13 Å². The lowest BCUT2D eigenvalue weighted by Gasteiger charge is -2.26. The molecule has 0 radical (unpaired) electrons. The fourth-order valence-corrected chi connectivity index (χ4v) is 3.48. The minimum atomic E-state index is -0.205. The quantitative estimate of drug-likeness (QED) is 0.803. The molecule has 4 heteroatoms. The molecule has 2 atom stereocenters. The predicted molar refractivity (Wildman–Crippen MR) is 103 cm³/mol. The minimum Gasteiger partial charge on any atom is -0.493 e. The Morgan fingerprint density at radius 1 is 1.00 bits per heavy atom. The minimum absolute atomic E-state index is 0. The second-order valence-electron chi connectivity index (χ2n) is 7.32. The van der Waals surface area contributed by atoms with Crippen molar-refractivity contribution in [3.8, 4) is 5.75 Å². The average Bonchev–Trinajstić information content (AvgIpc) is 2.99. The van der Waals surface area contributed by atoms with Crippen molar-refractivity contribution in [2.75, 3.05) is 6.61 Å². The van der Waals surface area contributed by atoms with Crippen molar-refractivity contribution in [3.05, 3.63) is 65.5 Å². The number of hydrogen-bond acceptors (Lipinski definition) is 2. The van der Waals surface area contributed by atoms with Crippen LogP contribution in [0, 0.1) is 11.7 Å². The highest BCUT2D eigenvalue weighted by Gasteiger charge is 2.25. The van der Waals surface area contributed by atoms with E-state index < -0.39 is 0 Å². The summed E-state index contributed by atoms with van der Waals surface area (Å²) in [6.07, 6.45) is 3.48. The molecule has 0 aliphatic heterocycles. The smallest absolute Gasteiger partial charge is 0.123 e. The maximum atomic E-state index is 13.1. The molecule has 1 aliphatic carbocycles. The monoisotopic (exact) mass is 363 g/mol. The molecule has 0 bridgehead atoms. The van der Waals surface area contributed by atoms with Crippen LogP contribution in [-0.4, -0.2) is 12.6 Å². The van der Waals surface area contributed by atoms with Gasteiger partial charge in [0.1, 0.15) is 11.6 Å². The number of benzene rings is 2. The molecule has 0 amide bonds. The summed E-state index contributed by atoms with van der Waals surface area (Å²) in [4.78, 5) is 0. The van der Waals surface area contributed by atoms with Crippen LogP contribution in [0.4, 0.5) is 4.39 Å². The van der Waals surface area contributed by atoms with E-state index in [1.54, 1.807) is 0 Å². The van der Waals surface area contributed by atoms with Crippen LogP contribution < -0.4 is 10.5 Å². The van der Waals surface area contributed by atoms with Crippen LogP contribution in [0.3, 0.4) is 0 Å². The molecule has 1 fully saturated rings. The molecule has 136 valence electrons. The van der Waals surface area contributed by atoms with Crippen LogP contribution >= 0.6 is 12.4 Å². The Morgan fingerprint density at radius 3 is 2.08 bits per heavy atom. The van der Waals surface area contributed by atoms with Gasteiger partial charge in [0.15, 0.2) is 0 Å². The zero-order valence-corrected chi connectivity index (χ0v) is 15.7. The Morgan fingerprint density at radius 2 is 1.56 bits per heavy atom. The molecular weight excluding hydrogens is 337 g/mol. The Hall–Kier alpha value is -1.58. The van der Waals surface area contributed by atoms with Crippen molar-refractivity contribution in [1.82, 2.24) is 0 Å². The van der Waals surface area contributed by atoms with Gasteiger partial charge in [-0.3, -0.25) is 0 Å². The molecule has 2 N–H and O–H groups in total. The van der Waals surface area contributed by atoms with E-state index in [0.29, 0.717) is 12.5 Å². The number of hydrogen-bond donors (Lipinski definition) is 1. The standard InChI is InChI=1S/C21H26FNO.ClH/c1-21(2,16-6-10-18(22)11-7-16)17-8-12-19(13-9-17)24-14-15-4-3-5-20(15)23;/h6-13,15,20H,3-5,14,23H2,1-2H3;1H. The molecular formula is C21H27ClFNO. The molecule has 1 saturated carbocycles. The molecule has 1 aliphatic rings. The van der Waals surface area contributed by atoms with Crippen molar-refractivity contribution in [1.29, 1.82) is 0 Å². The Labute approximate surface area is 156 Å². The fourth-order valence-electron chi connectivity index (χ4n) is 3.48. The maximum absolute atomic E-state index is 13.1. The lowest BCUT2D eigenvalue weighted by atomic mass is 9.78. The van der Waals surface area contributed by atoms with Crippen LogP contribution in [0.25, 0.3) is 0 Å². The molecule has 25 heavy (non-hydrogen) atoms. The van der Waals surface area contributed by atoms with Gasteiger partial charge in [0.25, 0.3) is 0 Å². The molecule has 0 saturated heterocycles. The zero-order valence-electron chi connectivity index (χ0n) is 14.9. The topological polar surface area (TPSA) is 35.2 Å². The summed E-state index contributed by atoms with van der Waals surface area (Å²) < 4.78 is 19.1. The van der Waals surface area contributed by atoms with Gasteiger partial charge in [0.05, 0.1) is 6.61 Å². The maximum Gasteiger partial charge on any atom is 0.123 e. The number of ether oxygens (including phenoxy) is 1. The molecule has 2 nitrogen and oxygen atoms in total. The predicted octanol–water partition coefficient (Wildman–Crippen LogP) is 5.08. The van der Waals surface area contributed by atoms with E-state index in [0.717, 1.165) is 24.2 Å². The highest BCUT2D eigenvalue weighted by atomic mass is 35.5. The van der Waals surface area contributed by atoms with E-state index in [-0.39, 0.29) is 29.7 Å². The number of nitrogens with two attached hydrogens (primary N) is 1. The largest absolute Gasteiger partial charge is 0.493 e. The van der Waals surface area contributed by atoms with Gasteiger partial charge < -0.3 is 10.5 Å². The molecule has 2 aromatic carbocycles. The van der Waals surface area contributed by atoms with Gasteiger partial charge in [-0.25, -0.2) is 4.39 Å². The van der Waals surface area contributed by atoms with Gasteiger partial charge in [-0.05, 0) is 48.2 Å². The highest BCUT2D eigenvalue weighted by Crippen LogP contribution is 2.33. The van der Waals surface area contributed by atoms with Gasteiger partial charge in [0, 0.05) is 17.4 Å². The van der Waals surface area contributed by atoms with Crippen LogP contribution in [0.1, 0.15) is 44.2 Å². The Bertz CT molecular complexity index is 669. The Kier molecular flexibility index (Phi) is 6.47. The van der Waals surface area contributed by atoms with E-state index in [2.05, 4.69) is 26.0 Å². The molecule has 0 heterocycles. The van der Waals surface area contributed by atoms with E-state index in [9.17, 15) is 4.39 Å². The van der Waals surface area contributed by atoms with Gasteiger partial charge in [0.2, 0.25) is 0 Å². The second kappa shape index (κ2) is 8.20. The van der Waals surface area contributed by atoms with Crippen molar-refractivity contribution in [2.45, 2.75) is 44.6 Å². The third kappa shape index (κ3) is 4.53. The number of rotatable bonds is 5. The van der Waals surface area contributed by atoms with E-state index in [1.807, 2.05) is 24.3 Å². The first-order chi connectivity index (χ1) is 11.5. The van der Waals surface area contributed by atoms with Gasteiger partial charge in [-0.15, -0.1) is 12.4 Å². The fraction of sp³-hybridized carbons (Fsp3) is 0.429. The lowest BCUT2D eigenvalue weighted by molar-refractivity contribution is 0.239. The molecule has 2 unspecified atom stereocenters. The SMILES string of the molecule is CC(C)(c1ccc(F)cc1)c1ccc(OCC2CCCC2N)cc1.Cl. The third-order valence-corrected chi connectivity index (χ3v) is 5.32. The average molecular weight is 364 g/mol. The second-order valence-corrected chi connectivity index (χ2v) is 7.32. The van der Waals surface area contributed by atoms with Crippen LogP contribution in [0.15, 0.2) is 48.5 Å². The number of halogens is 2. The van der Waals surface area contributed by atoms with Gasteiger partial charge in [-0.1, -0.05) is 44.5 Å². The van der Waals surface area contributed by atoms with Crippen molar-refractivity contribution in [3.63, 3.8) is 0 Å². The normalized spacial score (nSPS) is 20.2. The summed E-state index contributed by atoms with van der Waals surface area (Å²) in [5.74, 6) is 1.15. The van der Waals surface area contributed by atoms with Crippen LogP contribution in [0.2, 0.25) is 0 Å². The summed E-state index contributed by atoms with van der Waals surface area (Å²) in [6, 6.07) is 15.2. The Balaban J connectivity index is 0.00000225. The van der Waals surface area contributed by atoms with Crippen LogP contribution in [0.5, 0.6) is 5.75 Å². The zero-order chi connectivity index (χ0) is 17.2. The van der Waals surface area contributed by atoms with Crippen molar-refractivity contribution in [2.24, 2.45) is 11.7 Å². The summed E-state index contributed by atoms with van der Waals surface area (Å²) in [7, 11) is 0. The third-order valence-electron chi connectivity index (χ3n) is 5.32. The molecule has 3 rings (SSSR count). The summed E-state index contributed by atoms with van der Waals surface area (Å²) in [5.41, 5.74) is 8.18. The first-order valence-corrected chi connectivity index (χ1v) is 8.72. The van der Waals surface area contributed by atoms with Crippen LogP contribution in [-0.2, 0) is 5.41 Å². The van der Waals surface area contributed by atoms with Gasteiger partial charge >= 0.3 is 0 Å². The summed E-state index contributed by atoms with van der Waals surface area (Å²) in [6.45, 7) is 4.99. The van der Waals surface area contributed by atoms with Gasteiger partial charge in [-0.2, -0.15) is 0 Å². The molecule has 2 aromatic rings. The first kappa shape index (κ1) is 19.7. The van der Waals surface area contributed by atoms with E-state index in [4.69, 9.17) is 10.5 Å². The summed E-state index contributed by atoms with van der Waals surface area (Å²) >= 11 is 0. The highest BCUT2D eigenvalue weighted by molar-refractivity contribution is 5.85. The molecule has 0 aromatic heterocycles.